The minimum absolute atomic E-state index is 0.0893. The molecule has 0 aromatic heterocycles. The van der Waals surface area contributed by atoms with Gasteiger partial charge in [0.1, 0.15) is 0 Å². The van der Waals surface area contributed by atoms with Gasteiger partial charge in [0.2, 0.25) is 0 Å². The van der Waals surface area contributed by atoms with Crippen LogP contribution in [0.15, 0.2) is 18.2 Å². The van der Waals surface area contributed by atoms with E-state index in [4.69, 9.17) is 0 Å². The molecule has 1 fully saturated rings. The van der Waals surface area contributed by atoms with E-state index in [1.807, 2.05) is 19.0 Å². The molecular formula is C15H20F3N3O2. The average Bonchev–Trinajstić information content (AvgIpc) is 2.46. The second kappa shape index (κ2) is 6.84. The van der Waals surface area contributed by atoms with Crippen LogP contribution in [0, 0.1) is 10.1 Å². The number of alkyl halides is 3. The predicted molar refractivity (Wildman–Crippen MR) is 80.1 cm³/mol. The topological polar surface area (TPSA) is 49.6 Å². The first-order valence-electron chi connectivity index (χ1n) is 7.42. The van der Waals surface area contributed by atoms with Crippen molar-refractivity contribution in [1.82, 2.24) is 9.80 Å². The number of nitro benzene ring substituents is 1. The zero-order valence-corrected chi connectivity index (χ0v) is 13.1. The van der Waals surface area contributed by atoms with Gasteiger partial charge in [-0.15, -0.1) is 0 Å². The molecule has 1 aliphatic heterocycles. The van der Waals surface area contributed by atoms with Crippen molar-refractivity contribution >= 4 is 5.69 Å². The van der Waals surface area contributed by atoms with Crippen molar-refractivity contribution < 1.29 is 18.1 Å². The monoisotopic (exact) mass is 331 g/mol. The Bertz CT molecular complexity index is 568. The molecule has 0 aliphatic carbocycles. The van der Waals surface area contributed by atoms with Crippen molar-refractivity contribution in [2.24, 2.45) is 0 Å². The molecule has 1 aromatic rings. The number of likely N-dealkylation sites (tertiary alicyclic amines) is 1. The number of piperidine rings is 1. The summed E-state index contributed by atoms with van der Waals surface area (Å²) in [5.74, 6) is 0. The molecule has 0 unspecified atom stereocenters. The fourth-order valence-electron chi connectivity index (χ4n) is 2.91. The Morgan fingerprint density at radius 3 is 2.39 bits per heavy atom. The first-order valence-corrected chi connectivity index (χ1v) is 7.42. The van der Waals surface area contributed by atoms with Crippen LogP contribution in [-0.2, 0) is 12.7 Å². The van der Waals surface area contributed by atoms with Gasteiger partial charge >= 0.3 is 6.18 Å². The van der Waals surface area contributed by atoms with E-state index >= 15 is 0 Å². The number of nitrogens with zero attached hydrogens (tertiary/aromatic N) is 3. The van der Waals surface area contributed by atoms with Gasteiger partial charge in [-0.2, -0.15) is 13.2 Å². The Hall–Kier alpha value is -1.67. The van der Waals surface area contributed by atoms with Gasteiger partial charge < -0.3 is 4.90 Å². The summed E-state index contributed by atoms with van der Waals surface area (Å²) in [7, 11) is 4.00. The normalized spacial score (nSPS) is 17.7. The molecule has 5 nitrogen and oxygen atoms in total. The molecule has 23 heavy (non-hydrogen) atoms. The number of hydrogen-bond donors (Lipinski definition) is 0. The Balaban J connectivity index is 2.15. The van der Waals surface area contributed by atoms with E-state index in [0.29, 0.717) is 12.1 Å². The lowest BCUT2D eigenvalue weighted by Gasteiger charge is -2.35. The Morgan fingerprint density at radius 2 is 1.91 bits per heavy atom. The zero-order chi connectivity index (χ0) is 17.2. The van der Waals surface area contributed by atoms with Gasteiger partial charge in [-0.1, -0.05) is 6.07 Å². The third-order valence-corrected chi connectivity index (χ3v) is 4.29. The van der Waals surface area contributed by atoms with Crippen LogP contribution in [0.25, 0.3) is 0 Å². The number of benzene rings is 1. The maximum atomic E-state index is 13.2. The highest BCUT2D eigenvalue weighted by Crippen LogP contribution is 2.35. The van der Waals surface area contributed by atoms with Crippen molar-refractivity contribution in [1.29, 1.82) is 0 Å². The van der Waals surface area contributed by atoms with E-state index in [1.54, 1.807) is 0 Å². The number of rotatable bonds is 4. The summed E-state index contributed by atoms with van der Waals surface area (Å²) in [4.78, 5) is 14.0. The lowest BCUT2D eigenvalue weighted by Crippen LogP contribution is -2.41. The largest absolute Gasteiger partial charge is 0.416 e. The van der Waals surface area contributed by atoms with Crippen molar-refractivity contribution in [3.05, 3.63) is 39.4 Å². The lowest BCUT2D eigenvalue weighted by molar-refractivity contribution is -0.385. The summed E-state index contributed by atoms with van der Waals surface area (Å²) >= 11 is 0. The summed E-state index contributed by atoms with van der Waals surface area (Å²) in [5, 5.41) is 10.7. The van der Waals surface area contributed by atoms with E-state index in [9.17, 15) is 23.3 Å². The zero-order valence-electron chi connectivity index (χ0n) is 13.1. The highest BCUT2D eigenvalue weighted by atomic mass is 19.4. The molecule has 0 radical (unpaired) electrons. The van der Waals surface area contributed by atoms with Crippen LogP contribution < -0.4 is 0 Å². The first-order chi connectivity index (χ1) is 10.7. The fourth-order valence-corrected chi connectivity index (χ4v) is 2.91. The summed E-state index contributed by atoms with van der Waals surface area (Å²) < 4.78 is 39.5. The van der Waals surface area contributed by atoms with Crippen molar-refractivity contribution in [3.8, 4) is 0 Å². The van der Waals surface area contributed by atoms with Crippen LogP contribution in [0.1, 0.15) is 24.0 Å². The molecule has 0 atom stereocenters. The minimum Gasteiger partial charge on any atom is -0.306 e. The molecule has 128 valence electrons. The molecule has 8 heteroatoms. The second-order valence-corrected chi connectivity index (χ2v) is 6.07. The third kappa shape index (κ3) is 4.42. The molecule has 0 saturated carbocycles. The predicted octanol–water partition coefficient (Wildman–Crippen LogP) is 3.14. The molecule has 0 N–H and O–H groups in total. The Kier molecular flexibility index (Phi) is 5.26. The van der Waals surface area contributed by atoms with Gasteiger partial charge in [-0.05, 0) is 45.6 Å². The van der Waals surface area contributed by atoms with Gasteiger partial charge in [0, 0.05) is 24.7 Å². The van der Waals surface area contributed by atoms with Crippen molar-refractivity contribution in [3.63, 3.8) is 0 Å². The Morgan fingerprint density at radius 1 is 1.30 bits per heavy atom. The standard InChI is InChI=1S/C15H20F3N3O2/c1-19(2)12-5-7-20(8-6-12)10-11-3-4-13(21(22)23)9-14(11)15(16,17)18/h3-4,9,12H,5-8,10H2,1-2H3. The van der Waals surface area contributed by atoms with E-state index in [1.165, 1.54) is 6.07 Å². The van der Waals surface area contributed by atoms with Crippen LogP contribution in [0.5, 0.6) is 0 Å². The minimum atomic E-state index is -4.59. The molecule has 1 aliphatic rings. The van der Waals surface area contributed by atoms with Crippen LogP contribution >= 0.6 is 0 Å². The van der Waals surface area contributed by atoms with E-state index in [0.717, 1.165) is 32.0 Å². The second-order valence-electron chi connectivity index (χ2n) is 6.07. The van der Waals surface area contributed by atoms with E-state index in [-0.39, 0.29) is 12.1 Å². The number of halogens is 3. The van der Waals surface area contributed by atoms with Gasteiger partial charge in [0.05, 0.1) is 10.5 Å². The maximum Gasteiger partial charge on any atom is 0.416 e. The van der Waals surface area contributed by atoms with Crippen molar-refractivity contribution in [2.45, 2.75) is 31.6 Å². The molecule has 0 bridgehead atoms. The quantitative estimate of drug-likeness (QED) is 0.628. The van der Waals surface area contributed by atoms with Crippen LogP contribution in [-0.4, -0.2) is 47.9 Å². The molecule has 1 heterocycles. The smallest absolute Gasteiger partial charge is 0.306 e. The van der Waals surface area contributed by atoms with Gasteiger partial charge in [-0.3, -0.25) is 15.0 Å². The summed E-state index contributed by atoms with van der Waals surface area (Å²) in [5.41, 5.74) is -1.36. The highest BCUT2D eigenvalue weighted by Gasteiger charge is 2.35. The summed E-state index contributed by atoms with van der Waals surface area (Å²) in [6.07, 6.45) is -2.79. The van der Waals surface area contributed by atoms with Gasteiger partial charge in [0.15, 0.2) is 0 Å². The first kappa shape index (κ1) is 17.7. The molecule has 1 aromatic carbocycles. The van der Waals surface area contributed by atoms with Crippen LogP contribution in [0.2, 0.25) is 0 Å². The third-order valence-electron chi connectivity index (χ3n) is 4.29. The molecule has 1 saturated heterocycles. The Labute approximate surface area is 132 Å². The maximum absolute atomic E-state index is 13.2. The molecular weight excluding hydrogens is 311 g/mol. The SMILES string of the molecule is CN(C)C1CCN(Cc2ccc([N+](=O)[O-])cc2C(F)(F)F)CC1. The number of nitro groups is 1. The fraction of sp³-hybridized carbons (Fsp3) is 0.600. The average molecular weight is 331 g/mol. The molecule has 0 amide bonds. The van der Waals surface area contributed by atoms with Gasteiger partial charge in [0.25, 0.3) is 5.69 Å². The number of hydrogen-bond acceptors (Lipinski definition) is 4. The summed E-state index contributed by atoms with van der Waals surface area (Å²) in [6, 6.07) is 3.43. The van der Waals surface area contributed by atoms with Crippen molar-refractivity contribution in [2.75, 3.05) is 27.2 Å². The molecule has 2 rings (SSSR count). The highest BCUT2D eigenvalue weighted by molar-refractivity contribution is 5.41. The van der Waals surface area contributed by atoms with Crippen LogP contribution in [0.3, 0.4) is 0 Å². The summed E-state index contributed by atoms with van der Waals surface area (Å²) in [6.45, 7) is 1.60. The van der Waals surface area contributed by atoms with E-state index in [2.05, 4.69) is 4.90 Å². The van der Waals surface area contributed by atoms with Gasteiger partial charge in [-0.25, -0.2) is 0 Å². The van der Waals surface area contributed by atoms with Crippen LogP contribution in [0.4, 0.5) is 18.9 Å². The van der Waals surface area contributed by atoms with E-state index < -0.39 is 22.4 Å². The molecule has 0 spiro atoms. The number of non-ortho nitro benzene ring substituents is 1. The lowest BCUT2D eigenvalue weighted by atomic mass is 10.0.